The minimum atomic E-state index is -1.10. The smallest absolute Gasteiger partial charge is 0.326 e. The van der Waals surface area contributed by atoms with Gasteiger partial charge in [-0.2, -0.15) is 0 Å². The van der Waals surface area contributed by atoms with Gasteiger partial charge >= 0.3 is 5.97 Å². The lowest BCUT2D eigenvalue weighted by atomic mass is 9.93. The molecule has 4 nitrogen and oxygen atoms in total. The molecule has 2 aromatic rings. The van der Waals surface area contributed by atoms with Gasteiger partial charge in [-0.15, -0.1) is 0 Å². The molecule has 124 valence electrons. The Balaban J connectivity index is 1.85. The molecule has 1 atom stereocenters. The summed E-state index contributed by atoms with van der Waals surface area (Å²) in [4.78, 5) is 25.3. The number of fused-ring (bicyclic) bond motifs is 1. The highest BCUT2D eigenvalue weighted by Gasteiger charge is 2.34. The van der Waals surface area contributed by atoms with Crippen molar-refractivity contribution >= 4 is 11.9 Å². The molecule has 2 aromatic carbocycles. The zero-order valence-corrected chi connectivity index (χ0v) is 12.7. The summed E-state index contributed by atoms with van der Waals surface area (Å²) in [7, 11) is 0. The van der Waals surface area contributed by atoms with Crippen LogP contribution in [0, 0.1) is 11.6 Å². The van der Waals surface area contributed by atoms with Gasteiger partial charge in [-0.1, -0.05) is 30.3 Å². The van der Waals surface area contributed by atoms with Gasteiger partial charge in [0.1, 0.15) is 17.7 Å². The third-order valence-corrected chi connectivity index (χ3v) is 4.21. The van der Waals surface area contributed by atoms with Gasteiger partial charge in [0.05, 0.1) is 6.42 Å². The molecule has 0 fully saturated rings. The lowest BCUT2D eigenvalue weighted by Gasteiger charge is -2.34. The van der Waals surface area contributed by atoms with Crippen LogP contribution in [0.1, 0.15) is 16.7 Å². The predicted molar refractivity (Wildman–Crippen MR) is 82.2 cm³/mol. The average Bonchev–Trinajstić information content (AvgIpc) is 2.56. The van der Waals surface area contributed by atoms with Gasteiger partial charge in [-0.25, -0.2) is 13.6 Å². The lowest BCUT2D eigenvalue weighted by Crippen LogP contribution is -2.49. The zero-order chi connectivity index (χ0) is 17.3. The van der Waals surface area contributed by atoms with E-state index in [0.29, 0.717) is 6.07 Å². The third-order valence-electron chi connectivity index (χ3n) is 4.21. The minimum Gasteiger partial charge on any atom is -0.480 e. The number of hydrogen-bond acceptors (Lipinski definition) is 2. The standard InChI is InChI=1S/C18H15F2NO3/c19-14-6-5-12(15(20)9-14)8-17(22)21-10-13-4-2-1-3-11(13)7-16(21)18(23)24/h1-6,9,16H,7-8,10H2,(H,23,24). The van der Waals surface area contributed by atoms with Crippen molar-refractivity contribution in [3.8, 4) is 0 Å². The number of carboxylic acids is 1. The van der Waals surface area contributed by atoms with Gasteiger partial charge in [0.15, 0.2) is 0 Å². The van der Waals surface area contributed by atoms with Crippen molar-refractivity contribution in [1.82, 2.24) is 4.90 Å². The van der Waals surface area contributed by atoms with E-state index in [1.165, 1.54) is 11.0 Å². The van der Waals surface area contributed by atoms with Crippen molar-refractivity contribution in [3.63, 3.8) is 0 Å². The molecule has 1 amide bonds. The van der Waals surface area contributed by atoms with Crippen molar-refractivity contribution in [2.45, 2.75) is 25.4 Å². The number of halogens is 2. The number of benzene rings is 2. The van der Waals surface area contributed by atoms with E-state index in [2.05, 4.69) is 0 Å². The first-order valence-electron chi connectivity index (χ1n) is 7.48. The lowest BCUT2D eigenvalue weighted by molar-refractivity contribution is -0.151. The Kier molecular flexibility index (Phi) is 4.29. The molecule has 1 aliphatic heterocycles. The summed E-state index contributed by atoms with van der Waals surface area (Å²) in [5.74, 6) is -3.13. The highest BCUT2D eigenvalue weighted by molar-refractivity contribution is 5.85. The van der Waals surface area contributed by atoms with Crippen LogP contribution in [-0.2, 0) is 29.0 Å². The number of carbonyl (C=O) groups is 2. The summed E-state index contributed by atoms with van der Waals surface area (Å²) in [5, 5.41) is 9.42. The van der Waals surface area contributed by atoms with Gasteiger partial charge in [-0.3, -0.25) is 4.79 Å². The van der Waals surface area contributed by atoms with Crippen LogP contribution in [0.4, 0.5) is 8.78 Å². The van der Waals surface area contributed by atoms with Crippen LogP contribution < -0.4 is 0 Å². The summed E-state index contributed by atoms with van der Waals surface area (Å²) in [5.41, 5.74) is 1.81. The molecule has 6 heteroatoms. The molecule has 0 saturated heterocycles. The van der Waals surface area contributed by atoms with Gasteiger partial charge in [0, 0.05) is 19.0 Å². The molecule has 0 aromatic heterocycles. The Labute approximate surface area is 137 Å². The van der Waals surface area contributed by atoms with E-state index in [9.17, 15) is 23.5 Å². The number of carbonyl (C=O) groups excluding carboxylic acids is 1. The van der Waals surface area contributed by atoms with Crippen LogP contribution in [0.3, 0.4) is 0 Å². The predicted octanol–water partition coefficient (Wildman–Crippen LogP) is 2.55. The van der Waals surface area contributed by atoms with E-state index in [1.807, 2.05) is 24.3 Å². The van der Waals surface area contributed by atoms with Crippen LogP contribution in [-0.4, -0.2) is 27.9 Å². The molecule has 0 bridgehead atoms. The van der Waals surface area contributed by atoms with Crippen LogP contribution in [0.2, 0.25) is 0 Å². The fourth-order valence-corrected chi connectivity index (χ4v) is 2.94. The maximum absolute atomic E-state index is 13.7. The van der Waals surface area contributed by atoms with E-state index < -0.39 is 29.6 Å². The van der Waals surface area contributed by atoms with E-state index in [4.69, 9.17) is 0 Å². The van der Waals surface area contributed by atoms with E-state index in [0.717, 1.165) is 17.2 Å². The zero-order valence-electron chi connectivity index (χ0n) is 12.7. The Bertz CT molecular complexity index is 807. The van der Waals surface area contributed by atoms with Gasteiger partial charge in [-0.05, 0) is 22.8 Å². The summed E-state index contributed by atoms with van der Waals surface area (Å²) >= 11 is 0. The fourth-order valence-electron chi connectivity index (χ4n) is 2.94. The van der Waals surface area contributed by atoms with Crippen molar-refractivity contribution in [2.24, 2.45) is 0 Å². The normalized spacial score (nSPS) is 16.6. The molecule has 1 N–H and O–H groups in total. The largest absolute Gasteiger partial charge is 0.480 e. The second-order valence-corrected chi connectivity index (χ2v) is 5.76. The molecule has 0 aliphatic carbocycles. The third kappa shape index (κ3) is 3.13. The molecule has 0 radical (unpaired) electrons. The highest BCUT2D eigenvalue weighted by atomic mass is 19.1. The monoisotopic (exact) mass is 331 g/mol. The van der Waals surface area contributed by atoms with Gasteiger partial charge < -0.3 is 10.0 Å². The molecule has 24 heavy (non-hydrogen) atoms. The van der Waals surface area contributed by atoms with Crippen molar-refractivity contribution < 1.29 is 23.5 Å². The molecule has 0 saturated carbocycles. The summed E-state index contributed by atoms with van der Waals surface area (Å²) < 4.78 is 26.7. The number of carboxylic acid groups (broad SMARTS) is 1. The van der Waals surface area contributed by atoms with Gasteiger partial charge in [0.2, 0.25) is 5.91 Å². The summed E-state index contributed by atoms with van der Waals surface area (Å²) in [6, 6.07) is 9.32. The molecular formula is C18H15F2NO3. The van der Waals surface area contributed by atoms with Crippen molar-refractivity contribution in [3.05, 3.63) is 70.8 Å². The molecule has 0 spiro atoms. The Hall–Kier alpha value is -2.76. The van der Waals surface area contributed by atoms with E-state index in [-0.39, 0.29) is 24.9 Å². The van der Waals surface area contributed by atoms with E-state index >= 15 is 0 Å². The Morgan fingerprint density at radius 1 is 1.12 bits per heavy atom. The first-order chi connectivity index (χ1) is 11.5. The number of rotatable bonds is 3. The number of hydrogen-bond donors (Lipinski definition) is 1. The van der Waals surface area contributed by atoms with Gasteiger partial charge in [0.25, 0.3) is 0 Å². The topological polar surface area (TPSA) is 57.6 Å². The SMILES string of the molecule is O=C(O)C1Cc2ccccc2CN1C(=O)Cc1ccc(F)cc1F. The van der Waals surface area contributed by atoms with Crippen LogP contribution in [0.5, 0.6) is 0 Å². The molecule has 1 unspecified atom stereocenters. The van der Waals surface area contributed by atoms with E-state index in [1.54, 1.807) is 0 Å². The number of aliphatic carboxylic acids is 1. The number of nitrogens with zero attached hydrogens (tertiary/aromatic N) is 1. The summed E-state index contributed by atoms with van der Waals surface area (Å²) in [6.07, 6.45) is -0.0960. The molecule has 1 heterocycles. The maximum Gasteiger partial charge on any atom is 0.326 e. The molecular weight excluding hydrogens is 316 g/mol. The van der Waals surface area contributed by atoms with Crippen molar-refractivity contribution in [2.75, 3.05) is 0 Å². The number of amides is 1. The summed E-state index contributed by atoms with van der Waals surface area (Å²) in [6.45, 7) is 0.161. The first-order valence-corrected chi connectivity index (χ1v) is 7.48. The molecule has 1 aliphatic rings. The minimum absolute atomic E-state index is 0.0457. The average molecular weight is 331 g/mol. The quantitative estimate of drug-likeness (QED) is 0.940. The Morgan fingerprint density at radius 2 is 1.83 bits per heavy atom. The van der Waals surface area contributed by atoms with Crippen LogP contribution in [0.25, 0.3) is 0 Å². The second kappa shape index (κ2) is 6.39. The first kappa shape index (κ1) is 16.1. The molecule has 3 rings (SSSR count). The van der Waals surface area contributed by atoms with Crippen LogP contribution >= 0.6 is 0 Å². The second-order valence-electron chi connectivity index (χ2n) is 5.76. The Morgan fingerprint density at radius 3 is 2.50 bits per heavy atom. The fraction of sp³-hybridized carbons (Fsp3) is 0.222. The maximum atomic E-state index is 13.7. The highest BCUT2D eigenvalue weighted by Crippen LogP contribution is 2.24. The van der Waals surface area contributed by atoms with Crippen molar-refractivity contribution in [1.29, 1.82) is 0 Å². The van der Waals surface area contributed by atoms with Crippen LogP contribution in [0.15, 0.2) is 42.5 Å².